The van der Waals surface area contributed by atoms with E-state index < -0.39 is 0 Å². The van der Waals surface area contributed by atoms with Crippen molar-refractivity contribution < 1.29 is 33.3 Å². The van der Waals surface area contributed by atoms with Crippen LogP contribution >= 0.6 is 0 Å². The van der Waals surface area contributed by atoms with Crippen molar-refractivity contribution in [3.05, 3.63) is 41.5 Å². The second kappa shape index (κ2) is 11.6. The number of esters is 1. The van der Waals surface area contributed by atoms with Crippen LogP contribution < -0.4 is 24.3 Å². The molecule has 3 atom stereocenters. The first-order valence-electron chi connectivity index (χ1n) is 11.3. The lowest BCUT2D eigenvalue weighted by Crippen LogP contribution is -2.44. The number of benzene rings is 1. The summed E-state index contributed by atoms with van der Waals surface area (Å²) in [5.74, 6) is 1.08. The normalized spacial score (nSPS) is 19.6. The topological polar surface area (TPSA) is 105 Å². The van der Waals surface area contributed by atoms with Crippen LogP contribution in [0.2, 0.25) is 0 Å². The van der Waals surface area contributed by atoms with Crippen LogP contribution in [0.1, 0.15) is 54.9 Å². The highest BCUT2D eigenvalue weighted by atomic mass is 16.5. The number of nitrogens with zero attached hydrogens (tertiary/aromatic N) is 1. The number of pyridine rings is 1. The molecule has 1 aromatic heterocycles. The third-order valence-electron chi connectivity index (χ3n) is 5.85. The lowest BCUT2D eigenvalue weighted by Gasteiger charge is -2.36. The van der Waals surface area contributed by atoms with Crippen LogP contribution in [0.3, 0.4) is 0 Å². The predicted molar refractivity (Wildman–Crippen MR) is 125 cm³/mol. The number of carbonyl (C=O) groups excluding carboxylic acids is 2. The first-order chi connectivity index (χ1) is 16.4. The van der Waals surface area contributed by atoms with Crippen LogP contribution in [0.15, 0.2) is 30.3 Å². The molecule has 1 aliphatic carbocycles. The Kier molecular flexibility index (Phi) is 8.56. The SMILES string of the molecule is CCOc1cc([C@H]2C[C@H](OC(C)=O)CCC2NC(=O)c2ccc(OC)nc2OC)ccc1OC. The summed E-state index contributed by atoms with van der Waals surface area (Å²) in [7, 11) is 4.55. The number of ether oxygens (including phenoxy) is 5. The Morgan fingerprint density at radius 1 is 1.03 bits per heavy atom. The Bertz CT molecular complexity index is 1010. The molecular weight excluding hydrogens is 440 g/mol. The second-order valence-corrected chi connectivity index (χ2v) is 7.98. The molecule has 1 aliphatic rings. The minimum absolute atomic E-state index is 0.107. The molecule has 1 N–H and O–H groups in total. The van der Waals surface area contributed by atoms with Gasteiger partial charge in [0.1, 0.15) is 11.7 Å². The Morgan fingerprint density at radius 2 is 1.82 bits per heavy atom. The molecule has 1 fully saturated rings. The highest BCUT2D eigenvalue weighted by Crippen LogP contribution is 2.39. The van der Waals surface area contributed by atoms with Crippen LogP contribution in [-0.4, -0.2) is 56.9 Å². The fraction of sp³-hybridized carbons (Fsp3) is 0.480. The largest absolute Gasteiger partial charge is 0.493 e. The first-order valence-corrected chi connectivity index (χ1v) is 11.3. The van der Waals surface area contributed by atoms with Crippen LogP contribution in [0, 0.1) is 0 Å². The summed E-state index contributed by atoms with van der Waals surface area (Å²) in [5.41, 5.74) is 1.28. The van der Waals surface area contributed by atoms with E-state index in [1.54, 1.807) is 19.2 Å². The zero-order valence-electron chi connectivity index (χ0n) is 20.3. The fourth-order valence-electron chi connectivity index (χ4n) is 4.32. The minimum Gasteiger partial charge on any atom is -0.493 e. The van der Waals surface area contributed by atoms with Crippen molar-refractivity contribution in [3.8, 4) is 23.3 Å². The van der Waals surface area contributed by atoms with Gasteiger partial charge in [-0.2, -0.15) is 4.98 Å². The number of hydrogen-bond acceptors (Lipinski definition) is 8. The van der Waals surface area contributed by atoms with Gasteiger partial charge >= 0.3 is 5.97 Å². The molecule has 1 saturated carbocycles. The summed E-state index contributed by atoms with van der Waals surface area (Å²) in [5, 5.41) is 3.14. The second-order valence-electron chi connectivity index (χ2n) is 7.98. The number of nitrogens with one attached hydrogen (secondary N) is 1. The molecule has 1 heterocycles. The molecule has 0 radical (unpaired) electrons. The Labute approximate surface area is 199 Å². The number of amides is 1. The maximum atomic E-state index is 13.2. The number of rotatable bonds is 9. The third kappa shape index (κ3) is 5.89. The molecular formula is C25H32N2O7. The van der Waals surface area contributed by atoms with Crippen molar-refractivity contribution in [1.29, 1.82) is 0 Å². The van der Waals surface area contributed by atoms with E-state index in [-0.39, 0.29) is 35.8 Å². The summed E-state index contributed by atoms with van der Waals surface area (Å²) >= 11 is 0. The fourth-order valence-corrected chi connectivity index (χ4v) is 4.32. The molecule has 0 saturated heterocycles. The maximum Gasteiger partial charge on any atom is 0.302 e. The molecule has 184 valence electrons. The van der Waals surface area contributed by atoms with Crippen LogP contribution in [0.4, 0.5) is 0 Å². The monoisotopic (exact) mass is 472 g/mol. The third-order valence-corrected chi connectivity index (χ3v) is 5.85. The van der Waals surface area contributed by atoms with Crippen molar-refractivity contribution in [1.82, 2.24) is 10.3 Å². The van der Waals surface area contributed by atoms with E-state index >= 15 is 0 Å². The molecule has 3 rings (SSSR count). The van der Waals surface area contributed by atoms with Gasteiger partial charge in [-0.25, -0.2) is 0 Å². The molecule has 0 spiro atoms. The summed E-state index contributed by atoms with van der Waals surface area (Å²) in [6.07, 6.45) is 1.62. The number of aromatic nitrogens is 1. The number of carbonyl (C=O) groups is 2. The molecule has 2 aromatic rings. The van der Waals surface area contributed by atoms with E-state index in [2.05, 4.69) is 10.3 Å². The van der Waals surface area contributed by atoms with Gasteiger partial charge in [0.05, 0.1) is 27.9 Å². The average Bonchev–Trinajstić information content (AvgIpc) is 2.84. The molecule has 9 nitrogen and oxygen atoms in total. The first kappa shape index (κ1) is 25.1. The van der Waals surface area contributed by atoms with Gasteiger partial charge in [0, 0.05) is 24.9 Å². The summed E-state index contributed by atoms with van der Waals surface area (Å²) < 4.78 is 27.1. The van der Waals surface area contributed by atoms with Gasteiger partial charge in [0.15, 0.2) is 11.5 Å². The standard InChI is InChI=1S/C25H32N2O7/c1-6-33-22-13-16(7-11-21(22)30-3)19-14-17(34-15(2)28)8-10-20(19)26-24(29)18-9-12-23(31-4)27-25(18)32-5/h7,9,11-13,17,19-20H,6,8,10,14H2,1-5H3,(H,26,29)/t17-,19-,20?/m1/s1. The quantitative estimate of drug-likeness (QED) is 0.553. The van der Waals surface area contributed by atoms with Gasteiger partial charge in [0.2, 0.25) is 11.8 Å². The molecule has 1 unspecified atom stereocenters. The molecule has 0 bridgehead atoms. The molecule has 1 amide bonds. The van der Waals surface area contributed by atoms with Gasteiger partial charge in [-0.3, -0.25) is 9.59 Å². The highest BCUT2D eigenvalue weighted by molar-refractivity contribution is 5.96. The summed E-state index contributed by atoms with van der Waals surface area (Å²) in [6, 6.07) is 8.78. The number of hydrogen-bond donors (Lipinski definition) is 1. The van der Waals surface area contributed by atoms with Gasteiger partial charge in [0.25, 0.3) is 5.91 Å². The Balaban J connectivity index is 1.90. The lowest BCUT2D eigenvalue weighted by molar-refractivity contribution is -0.148. The van der Waals surface area contributed by atoms with E-state index in [0.29, 0.717) is 48.8 Å². The molecule has 9 heteroatoms. The Morgan fingerprint density at radius 3 is 2.47 bits per heavy atom. The van der Waals surface area contributed by atoms with Gasteiger partial charge in [-0.05, 0) is 49.9 Å². The van der Waals surface area contributed by atoms with Crippen molar-refractivity contribution in [2.24, 2.45) is 0 Å². The predicted octanol–water partition coefficient (Wildman–Crippen LogP) is 3.50. The number of methoxy groups -OCH3 is 3. The van der Waals surface area contributed by atoms with E-state index in [4.69, 9.17) is 23.7 Å². The molecule has 1 aromatic carbocycles. The van der Waals surface area contributed by atoms with Crippen molar-refractivity contribution >= 4 is 11.9 Å². The van der Waals surface area contributed by atoms with Crippen molar-refractivity contribution in [2.75, 3.05) is 27.9 Å². The van der Waals surface area contributed by atoms with E-state index in [9.17, 15) is 9.59 Å². The Hall–Kier alpha value is -3.49. The van der Waals surface area contributed by atoms with E-state index in [1.807, 2.05) is 25.1 Å². The lowest BCUT2D eigenvalue weighted by atomic mass is 9.78. The smallest absolute Gasteiger partial charge is 0.302 e. The molecule has 0 aliphatic heterocycles. The maximum absolute atomic E-state index is 13.2. The minimum atomic E-state index is -0.315. The molecule has 34 heavy (non-hydrogen) atoms. The van der Waals surface area contributed by atoms with Crippen molar-refractivity contribution in [3.63, 3.8) is 0 Å². The zero-order chi connectivity index (χ0) is 24.7. The van der Waals surface area contributed by atoms with E-state index in [1.165, 1.54) is 21.1 Å². The summed E-state index contributed by atoms with van der Waals surface area (Å²) in [4.78, 5) is 29.0. The average molecular weight is 473 g/mol. The summed E-state index contributed by atoms with van der Waals surface area (Å²) in [6.45, 7) is 3.81. The van der Waals surface area contributed by atoms with Crippen LogP contribution in [0.5, 0.6) is 23.3 Å². The van der Waals surface area contributed by atoms with Crippen LogP contribution in [-0.2, 0) is 9.53 Å². The zero-order valence-corrected chi connectivity index (χ0v) is 20.3. The highest BCUT2D eigenvalue weighted by Gasteiger charge is 2.35. The van der Waals surface area contributed by atoms with Crippen molar-refractivity contribution in [2.45, 2.75) is 51.2 Å². The van der Waals surface area contributed by atoms with Gasteiger partial charge in [-0.1, -0.05) is 6.07 Å². The van der Waals surface area contributed by atoms with Gasteiger partial charge in [-0.15, -0.1) is 0 Å². The van der Waals surface area contributed by atoms with Crippen LogP contribution in [0.25, 0.3) is 0 Å². The van der Waals surface area contributed by atoms with E-state index in [0.717, 1.165) is 5.56 Å². The van der Waals surface area contributed by atoms with Gasteiger partial charge < -0.3 is 29.0 Å².